The fourth-order valence-electron chi connectivity index (χ4n) is 2.32. The van der Waals surface area contributed by atoms with Crippen LogP contribution >= 0.6 is 11.8 Å². The van der Waals surface area contributed by atoms with Crippen LogP contribution in [-0.4, -0.2) is 41.1 Å². The molecule has 1 N–H and O–H groups in total. The van der Waals surface area contributed by atoms with Gasteiger partial charge in [0.2, 0.25) is 5.91 Å². The highest BCUT2D eigenvalue weighted by molar-refractivity contribution is 7.99. The first kappa shape index (κ1) is 19.1. The maximum absolute atomic E-state index is 12.2. The summed E-state index contributed by atoms with van der Waals surface area (Å²) < 4.78 is 24.7. The van der Waals surface area contributed by atoms with Crippen molar-refractivity contribution in [2.75, 3.05) is 17.3 Å². The van der Waals surface area contributed by atoms with E-state index >= 15 is 0 Å². The van der Waals surface area contributed by atoms with Crippen molar-refractivity contribution in [3.05, 3.63) is 60.4 Å². The summed E-state index contributed by atoms with van der Waals surface area (Å²) in [6.45, 7) is 2.01. The van der Waals surface area contributed by atoms with Gasteiger partial charge in [-0.25, -0.2) is 8.42 Å². The van der Waals surface area contributed by atoms with Crippen molar-refractivity contribution in [3.8, 4) is 5.69 Å². The summed E-state index contributed by atoms with van der Waals surface area (Å²) in [5, 5.41) is 11.3. The normalized spacial score (nSPS) is 11.3. The van der Waals surface area contributed by atoms with Gasteiger partial charge >= 0.3 is 0 Å². The maximum atomic E-state index is 12.2. The molecule has 0 radical (unpaired) electrons. The lowest BCUT2D eigenvalue weighted by Crippen LogP contribution is -2.14. The summed E-state index contributed by atoms with van der Waals surface area (Å²) in [4.78, 5) is 12.4. The third kappa shape index (κ3) is 4.95. The predicted octanol–water partition coefficient (Wildman–Crippen LogP) is 2.71. The van der Waals surface area contributed by atoms with Crippen molar-refractivity contribution < 1.29 is 13.2 Å². The number of rotatable bonds is 6. The van der Waals surface area contributed by atoms with E-state index < -0.39 is 9.84 Å². The zero-order valence-electron chi connectivity index (χ0n) is 14.8. The number of carbonyl (C=O) groups excluding carboxylic acids is 1. The van der Waals surface area contributed by atoms with Crippen molar-refractivity contribution in [2.45, 2.75) is 17.0 Å². The molecule has 0 fully saturated rings. The minimum Gasteiger partial charge on any atom is -0.325 e. The standard InChI is InChI=1S/C18H18N4O3S2/c1-13-3-7-15(8-4-13)22-12-19-21-18(22)26-11-17(23)20-14-5-9-16(10-6-14)27(2,24)25/h3-10,12H,11H2,1-2H3,(H,20,23). The zero-order chi connectivity index (χ0) is 19.4. The lowest BCUT2D eigenvalue weighted by molar-refractivity contribution is -0.113. The van der Waals surface area contributed by atoms with Crippen molar-refractivity contribution in [1.29, 1.82) is 0 Å². The SMILES string of the molecule is Cc1ccc(-n2cnnc2SCC(=O)Nc2ccc(S(C)(=O)=O)cc2)cc1. The van der Waals surface area contributed by atoms with Gasteiger partial charge < -0.3 is 5.32 Å². The summed E-state index contributed by atoms with van der Waals surface area (Å²) >= 11 is 1.27. The topological polar surface area (TPSA) is 93.9 Å². The molecule has 0 aliphatic carbocycles. The number of aromatic nitrogens is 3. The Morgan fingerprint density at radius 2 is 1.78 bits per heavy atom. The Morgan fingerprint density at radius 1 is 1.11 bits per heavy atom. The molecule has 0 saturated heterocycles. The van der Waals surface area contributed by atoms with Crippen LogP contribution in [0.25, 0.3) is 5.69 Å². The second-order valence-corrected chi connectivity index (χ2v) is 8.91. The fraction of sp³-hybridized carbons (Fsp3) is 0.167. The summed E-state index contributed by atoms with van der Waals surface area (Å²) in [5.41, 5.74) is 2.61. The van der Waals surface area contributed by atoms with E-state index in [4.69, 9.17) is 0 Å². The predicted molar refractivity (Wildman–Crippen MR) is 105 cm³/mol. The minimum absolute atomic E-state index is 0.151. The highest BCUT2D eigenvalue weighted by atomic mass is 32.2. The molecule has 9 heteroatoms. The molecule has 0 aliphatic heterocycles. The number of hydrogen-bond donors (Lipinski definition) is 1. The van der Waals surface area contributed by atoms with E-state index in [2.05, 4.69) is 15.5 Å². The van der Waals surface area contributed by atoms with E-state index in [9.17, 15) is 13.2 Å². The highest BCUT2D eigenvalue weighted by Gasteiger charge is 2.11. The maximum Gasteiger partial charge on any atom is 0.234 e. The molecule has 7 nitrogen and oxygen atoms in total. The largest absolute Gasteiger partial charge is 0.325 e. The monoisotopic (exact) mass is 402 g/mol. The molecular formula is C18H18N4O3S2. The second kappa shape index (κ2) is 7.93. The van der Waals surface area contributed by atoms with Gasteiger partial charge in [-0.3, -0.25) is 9.36 Å². The Bertz CT molecular complexity index is 1040. The van der Waals surface area contributed by atoms with E-state index in [1.54, 1.807) is 18.5 Å². The lowest BCUT2D eigenvalue weighted by atomic mass is 10.2. The number of amides is 1. The number of nitrogens with one attached hydrogen (secondary N) is 1. The first-order chi connectivity index (χ1) is 12.8. The molecule has 0 spiro atoms. The van der Waals surface area contributed by atoms with Crippen LogP contribution in [0.15, 0.2) is 64.9 Å². The van der Waals surface area contributed by atoms with Gasteiger partial charge in [-0.05, 0) is 43.3 Å². The van der Waals surface area contributed by atoms with Gasteiger partial charge in [0.05, 0.1) is 10.6 Å². The molecule has 0 aliphatic rings. The van der Waals surface area contributed by atoms with Crippen LogP contribution in [0.3, 0.4) is 0 Å². The van der Waals surface area contributed by atoms with Crippen molar-refractivity contribution in [3.63, 3.8) is 0 Å². The van der Waals surface area contributed by atoms with E-state index in [-0.39, 0.29) is 16.6 Å². The molecule has 140 valence electrons. The Morgan fingerprint density at radius 3 is 2.41 bits per heavy atom. The molecule has 1 aromatic heterocycles. The fourth-order valence-corrected chi connectivity index (χ4v) is 3.68. The van der Waals surface area contributed by atoms with Gasteiger partial charge in [0, 0.05) is 17.6 Å². The smallest absolute Gasteiger partial charge is 0.234 e. The molecule has 3 rings (SSSR count). The van der Waals surface area contributed by atoms with E-state index in [1.165, 1.54) is 23.9 Å². The number of carbonyl (C=O) groups is 1. The van der Waals surface area contributed by atoms with Gasteiger partial charge in [-0.15, -0.1) is 10.2 Å². The number of sulfone groups is 1. The molecule has 0 bridgehead atoms. The molecule has 0 unspecified atom stereocenters. The average Bonchev–Trinajstić information content (AvgIpc) is 3.09. The van der Waals surface area contributed by atoms with Crippen LogP contribution in [0.1, 0.15) is 5.56 Å². The first-order valence-corrected chi connectivity index (χ1v) is 10.9. The molecule has 3 aromatic rings. The minimum atomic E-state index is -3.26. The van der Waals surface area contributed by atoms with Gasteiger partial charge in [-0.1, -0.05) is 29.5 Å². The zero-order valence-corrected chi connectivity index (χ0v) is 16.4. The molecule has 0 saturated carbocycles. The molecule has 1 heterocycles. The third-order valence-electron chi connectivity index (χ3n) is 3.73. The van der Waals surface area contributed by atoms with Crippen LogP contribution < -0.4 is 5.32 Å². The van der Waals surface area contributed by atoms with Crippen LogP contribution in [0.2, 0.25) is 0 Å². The van der Waals surface area contributed by atoms with Gasteiger partial charge in [-0.2, -0.15) is 0 Å². The lowest BCUT2D eigenvalue weighted by Gasteiger charge is -2.08. The highest BCUT2D eigenvalue weighted by Crippen LogP contribution is 2.20. The molecular weight excluding hydrogens is 384 g/mol. The molecule has 27 heavy (non-hydrogen) atoms. The van der Waals surface area contributed by atoms with Gasteiger partial charge in [0.25, 0.3) is 0 Å². The molecule has 0 atom stereocenters. The summed E-state index contributed by atoms with van der Waals surface area (Å²) in [6, 6.07) is 14.0. The van der Waals surface area contributed by atoms with Crippen LogP contribution in [0.5, 0.6) is 0 Å². The molecule has 2 aromatic carbocycles. The quantitative estimate of drug-likeness (QED) is 0.637. The Kier molecular flexibility index (Phi) is 5.62. The number of benzene rings is 2. The number of anilines is 1. The first-order valence-electron chi connectivity index (χ1n) is 8.03. The average molecular weight is 403 g/mol. The Hall–Kier alpha value is -2.65. The van der Waals surface area contributed by atoms with E-state index in [1.807, 2.05) is 35.8 Å². The number of aryl methyl sites for hydroxylation is 1. The van der Waals surface area contributed by atoms with Crippen LogP contribution in [-0.2, 0) is 14.6 Å². The number of nitrogens with zero attached hydrogens (tertiary/aromatic N) is 3. The summed E-state index contributed by atoms with van der Waals surface area (Å²) in [5.74, 6) is -0.0659. The van der Waals surface area contributed by atoms with Crippen molar-refractivity contribution in [2.24, 2.45) is 0 Å². The Labute approximate surface area is 161 Å². The van der Waals surface area contributed by atoms with Crippen LogP contribution in [0, 0.1) is 6.92 Å². The van der Waals surface area contributed by atoms with E-state index in [0.717, 1.165) is 17.5 Å². The second-order valence-electron chi connectivity index (χ2n) is 5.95. The number of hydrogen-bond acceptors (Lipinski definition) is 6. The third-order valence-corrected chi connectivity index (χ3v) is 5.80. The van der Waals surface area contributed by atoms with Gasteiger partial charge in [0.1, 0.15) is 6.33 Å². The summed E-state index contributed by atoms with van der Waals surface area (Å²) in [6.07, 6.45) is 2.75. The van der Waals surface area contributed by atoms with Crippen LogP contribution in [0.4, 0.5) is 5.69 Å². The summed E-state index contributed by atoms with van der Waals surface area (Å²) in [7, 11) is -3.26. The van der Waals surface area contributed by atoms with E-state index in [0.29, 0.717) is 10.8 Å². The number of thioether (sulfide) groups is 1. The molecule has 1 amide bonds. The Balaban J connectivity index is 1.62. The van der Waals surface area contributed by atoms with Crippen molar-refractivity contribution >= 4 is 33.2 Å². The van der Waals surface area contributed by atoms with Gasteiger partial charge in [0.15, 0.2) is 15.0 Å². The van der Waals surface area contributed by atoms with Crippen molar-refractivity contribution in [1.82, 2.24) is 14.8 Å².